The number of hydrogen-bond acceptors (Lipinski definition) is 5. The van der Waals surface area contributed by atoms with Gasteiger partial charge >= 0.3 is 5.97 Å². The van der Waals surface area contributed by atoms with Crippen LogP contribution < -0.4 is 9.64 Å². The zero-order valence-electron chi connectivity index (χ0n) is 15.1. The van der Waals surface area contributed by atoms with Gasteiger partial charge in [0.1, 0.15) is 5.75 Å². The summed E-state index contributed by atoms with van der Waals surface area (Å²) < 4.78 is 5.55. The Bertz CT molecular complexity index is 790. The average molecular weight is 356 g/mol. The summed E-state index contributed by atoms with van der Waals surface area (Å²) in [6.07, 6.45) is 1.05. The molecule has 1 atom stereocenters. The maximum atomic E-state index is 12.8. The van der Waals surface area contributed by atoms with Gasteiger partial charge in [0.05, 0.1) is 5.56 Å². The van der Waals surface area contributed by atoms with Crippen LogP contribution in [0.4, 0.5) is 5.69 Å². The normalized spacial score (nSPS) is 16.7. The predicted molar refractivity (Wildman–Crippen MR) is 104 cm³/mol. The van der Waals surface area contributed by atoms with Crippen LogP contribution in [0.25, 0.3) is 0 Å². The second-order valence-corrected chi connectivity index (χ2v) is 7.21. The Balaban J connectivity index is 2.04. The number of thiol groups is 1. The summed E-state index contributed by atoms with van der Waals surface area (Å²) in [4.78, 5) is 17.9. The van der Waals surface area contributed by atoms with Gasteiger partial charge in [-0.05, 0) is 56.8 Å². The molecule has 4 nitrogen and oxygen atoms in total. The third kappa shape index (κ3) is 3.39. The molecule has 25 heavy (non-hydrogen) atoms. The lowest BCUT2D eigenvalue weighted by Gasteiger charge is -2.38. The second kappa shape index (κ2) is 7.10. The maximum Gasteiger partial charge on any atom is 0.345 e. The van der Waals surface area contributed by atoms with Crippen LogP contribution in [0.1, 0.15) is 33.9 Å². The number of carbonyl (C=O) groups excluding carboxylic acids is 1. The summed E-state index contributed by atoms with van der Waals surface area (Å²) in [5.41, 5.74) is 3.80. The van der Waals surface area contributed by atoms with Crippen molar-refractivity contribution in [3.63, 3.8) is 0 Å². The minimum Gasteiger partial charge on any atom is -0.423 e. The standard InChI is InChI=1S/C20H24N2O2S/c1-13-18(20(23)24-14-8-6-5-7-9-14)17(25)12-15-16(21(2)3)10-11-22(4)19(13)15/h5-9,12,16,25H,10-11H2,1-4H3. The van der Waals surface area contributed by atoms with E-state index in [1.54, 1.807) is 12.1 Å². The largest absolute Gasteiger partial charge is 0.423 e. The Morgan fingerprint density at radius 2 is 1.96 bits per heavy atom. The summed E-state index contributed by atoms with van der Waals surface area (Å²) in [5.74, 6) is 0.175. The fraction of sp³-hybridized carbons (Fsp3) is 0.350. The van der Waals surface area contributed by atoms with E-state index < -0.39 is 0 Å². The summed E-state index contributed by atoms with van der Waals surface area (Å²) in [6.45, 7) is 2.93. The monoisotopic (exact) mass is 356 g/mol. The van der Waals surface area contributed by atoms with Crippen molar-refractivity contribution in [1.82, 2.24) is 4.90 Å². The Hall–Kier alpha value is -1.98. The van der Waals surface area contributed by atoms with E-state index in [1.807, 2.05) is 31.2 Å². The van der Waals surface area contributed by atoms with E-state index in [0.717, 1.165) is 24.2 Å². The molecule has 0 saturated heterocycles. The second-order valence-electron chi connectivity index (χ2n) is 6.73. The van der Waals surface area contributed by atoms with Crippen LogP contribution in [0.3, 0.4) is 0 Å². The number of hydrogen-bond donors (Lipinski definition) is 1. The van der Waals surface area contributed by atoms with Crippen LogP contribution in [0.5, 0.6) is 5.75 Å². The summed E-state index contributed by atoms with van der Waals surface area (Å²) in [5, 5.41) is 0. The highest BCUT2D eigenvalue weighted by atomic mass is 32.1. The lowest BCUT2D eigenvalue weighted by molar-refractivity contribution is 0.0730. The lowest BCUT2D eigenvalue weighted by atomic mass is 9.90. The van der Waals surface area contributed by atoms with Gasteiger partial charge in [-0.15, -0.1) is 12.6 Å². The highest BCUT2D eigenvalue weighted by molar-refractivity contribution is 7.80. The highest BCUT2D eigenvalue weighted by Crippen LogP contribution is 2.41. The molecule has 1 aliphatic rings. The topological polar surface area (TPSA) is 32.8 Å². The molecule has 2 aromatic rings. The number of anilines is 1. The van der Waals surface area contributed by atoms with Crippen molar-refractivity contribution >= 4 is 24.3 Å². The van der Waals surface area contributed by atoms with E-state index >= 15 is 0 Å². The van der Waals surface area contributed by atoms with Crippen LogP contribution in [-0.2, 0) is 0 Å². The molecule has 0 N–H and O–H groups in total. The molecule has 1 heterocycles. The van der Waals surface area contributed by atoms with E-state index in [-0.39, 0.29) is 5.97 Å². The average Bonchev–Trinajstić information content (AvgIpc) is 2.55. The molecule has 1 aliphatic heterocycles. The molecule has 132 valence electrons. The van der Waals surface area contributed by atoms with E-state index in [9.17, 15) is 4.79 Å². The molecular weight excluding hydrogens is 332 g/mol. The van der Waals surface area contributed by atoms with Crippen LogP contribution in [0, 0.1) is 6.92 Å². The third-order valence-corrected chi connectivity index (χ3v) is 5.16. The number of nitrogens with zero attached hydrogens (tertiary/aromatic N) is 2. The Morgan fingerprint density at radius 3 is 2.60 bits per heavy atom. The van der Waals surface area contributed by atoms with Gasteiger partial charge in [-0.1, -0.05) is 18.2 Å². The van der Waals surface area contributed by atoms with Gasteiger partial charge < -0.3 is 14.5 Å². The molecule has 0 saturated carbocycles. The van der Waals surface area contributed by atoms with Crippen LogP contribution in [0.15, 0.2) is 41.3 Å². The summed E-state index contributed by atoms with van der Waals surface area (Å²) >= 11 is 4.61. The minimum atomic E-state index is -0.364. The first-order valence-electron chi connectivity index (χ1n) is 8.41. The molecular formula is C20H24N2O2S. The van der Waals surface area contributed by atoms with Gasteiger partial charge in [0.2, 0.25) is 0 Å². The molecule has 3 rings (SSSR count). The SMILES string of the molecule is Cc1c(C(=O)Oc2ccccc2)c(S)cc2c1N(C)CCC2N(C)C. The van der Waals surface area contributed by atoms with Gasteiger partial charge in [-0.3, -0.25) is 0 Å². The molecule has 0 bridgehead atoms. The van der Waals surface area contributed by atoms with Crippen molar-refractivity contribution < 1.29 is 9.53 Å². The van der Waals surface area contributed by atoms with Gasteiger partial charge in [0.15, 0.2) is 0 Å². The first kappa shape index (κ1) is 17.8. The molecule has 0 radical (unpaired) electrons. The van der Waals surface area contributed by atoms with Gasteiger partial charge in [0, 0.05) is 30.2 Å². The third-order valence-electron chi connectivity index (χ3n) is 4.81. The van der Waals surface area contributed by atoms with Crippen molar-refractivity contribution in [3.05, 3.63) is 53.1 Å². The molecule has 2 aromatic carbocycles. The molecule has 0 amide bonds. The number of fused-ring (bicyclic) bond motifs is 1. The van der Waals surface area contributed by atoms with E-state index in [0.29, 0.717) is 22.3 Å². The molecule has 1 unspecified atom stereocenters. The molecule has 0 aliphatic carbocycles. The number of esters is 1. The first-order chi connectivity index (χ1) is 11.9. The smallest absolute Gasteiger partial charge is 0.345 e. The minimum absolute atomic E-state index is 0.329. The fourth-order valence-electron chi connectivity index (χ4n) is 3.60. The number of ether oxygens (including phenoxy) is 1. The van der Waals surface area contributed by atoms with E-state index in [4.69, 9.17) is 4.74 Å². The Kier molecular flexibility index (Phi) is 5.06. The fourth-order valence-corrected chi connectivity index (χ4v) is 4.00. The molecule has 0 spiro atoms. The van der Waals surface area contributed by atoms with Crippen molar-refractivity contribution in [2.75, 3.05) is 32.6 Å². The van der Waals surface area contributed by atoms with Gasteiger partial charge in [-0.2, -0.15) is 0 Å². The number of rotatable bonds is 3. The number of benzene rings is 2. The lowest BCUT2D eigenvalue weighted by Crippen LogP contribution is -2.34. The zero-order valence-corrected chi connectivity index (χ0v) is 16.0. The van der Waals surface area contributed by atoms with Crippen molar-refractivity contribution in [1.29, 1.82) is 0 Å². The van der Waals surface area contributed by atoms with E-state index in [1.165, 1.54) is 5.56 Å². The highest BCUT2D eigenvalue weighted by Gasteiger charge is 2.30. The van der Waals surface area contributed by atoms with Crippen LogP contribution in [-0.4, -0.2) is 38.6 Å². The molecule has 5 heteroatoms. The summed E-state index contributed by atoms with van der Waals surface area (Å²) in [7, 11) is 6.25. The number of carbonyl (C=O) groups is 1. The van der Waals surface area contributed by atoms with Crippen molar-refractivity contribution in [2.45, 2.75) is 24.3 Å². The predicted octanol–water partition coefficient (Wildman–Crippen LogP) is 3.95. The van der Waals surface area contributed by atoms with Crippen molar-refractivity contribution in [2.24, 2.45) is 0 Å². The van der Waals surface area contributed by atoms with E-state index in [2.05, 4.69) is 43.6 Å². The first-order valence-corrected chi connectivity index (χ1v) is 8.86. The van der Waals surface area contributed by atoms with Gasteiger partial charge in [0.25, 0.3) is 0 Å². The number of para-hydroxylation sites is 1. The molecule has 0 aromatic heterocycles. The quantitative estimate of drug-likeness (QED) is 0.513. The van der Waals surface area contributed by atoms with Gasteiger partial charge in [-0.25, -0.2) is 4.79 Å². The Morgan fingerprint density at radius 1 is 1.28 bits per heavy atom. The summed E-state index contributed by atoms with van der Waals surface area (Å²) in [6, 6.07) is 11.5. The maximum absolute atomic E-state index is 12.8. The van der Waals surface area contributed by atoms with Crippen LogP contribution in [0.2, 0.25) is 0 Å². The molecule has 0 fully saturated rings. The van der Waals surface area contributed by atoms with Crippen LogP contribution >= 0.6 is 12.6 Å². The Labute approximate surface area is 154 Å². The van der Waals surface area contributed by atoms with Crippen molar-refractivity contribution in [3.8, 4) is 5.75 Å². The zero-order chi connectivity index (χ0) is 18.1.